The van der Waals surface area contributed by atoms with Crippen molar-refractivity contribution in [1.29, 1.82) is 0 Å². The van der Waals surface area contributed by atoms with Crippen LogP contribution in [0.25, 0.3) is 55.3 Å². The van der Waals surface area contributed by atoms with Crippen LogP contribution in [0.5, 0.6) is 0 Å². The molecule has 8 aromatic rings. The molecule has 2 unspecified atom stereocenters. The van der Waals surface area contributed by atoms with Gasteiger partial charge in [0.15, 0.2) is 0 Å². The van der Waals surface area contributed by atoms with E-state index in [1.54, 1.807) is 0 Å². The van der Waals surface area contributed by atoms with Crippen LogP contribution in [-0.2, 0) is 0 Å². The van der Waals surface area contributed by atoms with Crippen LogP contribution in [0.4, 0.5) is 11.4 Å². The third kappa shape index (κ3) is 4.64. The van der Waals surface area contributed by atoms with Gasteiger partial charge in [-0.25, -0.2) is 0 Å². The SMILES string of the molecule is C1=CC2C(C=C1c1ccccc1)c1cc(-c3ccc4c(c3)c3cc(-c5ccccc5)ccc3n4-c3ccccc3)ccc1N2c1ccccc1. The highest BCUT2D eigenvalue weighted by atomic mass is 15.2. The van der Waals surface area contributed by atoms with Crippen molar-refractivity contribution < 1.29 is 0 Å². The minimum Gasteiger partial charge on any atom is -0.333 e. The van der Waals surface area contributed by atoms with Crippen LogP contribution in [0.15, 0.2) is 194 Å². The minimum atomic E-state index is 0.220. The molecule has 1 aromatic heterocycles. The second-order valence-electron chi connectivity index (χ2n) is 13.3. The van der Waals surface area contributed by atoms with Gasteiger partial charge < -0.3 is 9.47 Å². The van der Waals surface area contributed by atoms with Crippen molar-refractivity contribution in [2.75, 3.05) is 4.90 Å². The summed E-state index contributed by atoms with van der Waals surface area (Å²) in [5, 5.41) is 2.52. The van der Waals surface area contributed by atoms with Crippen molar-refractivity contribution in [1.82, 2.24) is 4.57 Å². The van der Waals surface area contributed by atoms with Crippen molar-refractivity contribution in [2.24, 2.45) is 0 Å². The summed E-state index contributed by atoms with van der Waals surface area (Å²) in [6, 6.07) is 64.2. The molecule has 1 aliphatic carbocycles. The van der Waals surface area contributed by atoms with E-state index in [4.69, 9.17) is 0 Å². The van der Waals surface area contributed by atoms with Gasteiger partial charge in [0.2, 0.25) is 0 Å². The van der Waals surface area contributed by atoms with Gasteiger partial charge in [-0.2, -0.15) is 0 Å². The monoisotopic (exact) mass is 638 g/mol. The Kier molecular flexibility index (Phi) is 6.67. The van der Waals surface area contributed by atoms with E-state index in [9.17, 15) is 0 Å². The summed E-state index contributed by atoms with van der Waals surface area (Å²) in [5.74, 6) is 0.238. The van der Waals surface area contributed by atoms with E-state index in [0.29, 0.717) is 0 Å². The average molecular weight is 639 g/mol. The van der Waals surface area contributed by atoms with Crippen LogP contribution < -0.4 is 4.90 Å². The van der Waals surface area contributed by atoms with Gasteiger partial charge in [-0.05, 0) is 99.6 Å². The van der Waals surface area contributed by atoms with Crippen LogP contribution in [0.2, 0.25) is 0 Å². The number of rotatable bonds is 5. The summed E-state index contributed by atoms with van der Waals surface area (Å²) in [7, 11) is 0. The van der Waals surface area contributed by atoms with E-state index in [2.05, 4.69) is 204 Å². The van der Waals surface area contributed by atoms with Crippen molar-refractivity contribution in [3.8, 4) is 27.9 Å². The van der Waals surface area contributed by atoms with Gasteiger partial charge >= 0.3 is 0 Å². The molecule has 0 amide bonds. The summed E-state index contributed by atoms with van der Waals surface area (Å²) >= 11 is 0. The van der Waals surface area contributed by atoms with Gasteiger partial charge in [0.05, 0.1) is 17.1 Å². The lowest BCUT2D eigenvalue weighted by Crippen LogP contribution is -2.28. The summed E-state index contributed by atoms with van der Waals surface area (Å²) in [6.07, 6.45) is 7.18. The molecule has 0 N–H and O–H groups in total. The minimum absolute atomic E-state index is 0.220. The Morgan fingerprint density at radius 1 is 0.420 bits per heavy atom. The fourth-order valence-corrected chi connectivity index (χ4v) is 8.16. The fourth-order valence-electron chi connectivity index (χ4n) is 8.16. The summed E-state index contributed by atoms with van der Waals surface area (Å²) < 4.78 is 2.40. The number of hydrogen-bond acceptors (Lipinski definition) is 1. The molecule has 0 spiro atoms. The molecular formula is C48H34N2. The summed E-state index contributed by atoms with van der Waals surface area (Å²) in [5.41, 5.74) is 14.9. The molecule has 1 aliphatic heterocycles. The first kappa shape index (κ1) is 28.6. The molecule has 10 rings (SSSR count). The lowest BCUT2D eigenvalue weighted by Gasteiger charge is -2.29. The van der Waals surface area contributed by atoms with Crippen LogP contribution in [0, 0.1) is 0 Å². The smallest absolute Gasteiger partial charge is 0.0630 e. The van der Waals surface area contributed by atoms with E-state index in [0.717, 1.165) is 0 Å². The normalized spacial score (nSPS) is 16.4. The Balaban J connectivity index is 1.14. The molecule has 0 fully saturated rings. The van der Waals surface area contributed by atoms with Gasteiger partial charge in [-0.3, -0.25) is 0 Å². The Morgan fingerprint density at radius 2 is 0.940 bits per heavy atom. The van der Waals surface area contributed by atoms with Crippen LogP contribution in [0.3, 0.4) is 0 Å². The molecule has 2 heteroatoms. The Labute approximate surface area is 292 Å². The third-order valence-electron chi connectivity index (χ3n) is 10.5. The summed E-state index contributed by atoms with van der Waals surface area (Å²) in [4.78, 5) is 2.51. The maximum atomic E-state index is 2.51. The van der Waals surface area contributed by atoms with Crippen LogP contribution in [0.1, 0.15) is 17.0 Å². The largest absolute Gasteiger partial charge is 0.333 e. The molecule has 2 nitrogen and oxygen atoms in total. The number of nitrogens with zero attached hydrogens (tertiary/aromatic N) is 2. The number of aromatic nitrogens is 1. The quantitative estimate of drug-likeness (QED) is 0.182. The van der Waals surface area contributed by atoms with E-state index < -0.39 is 0 Å². The van der Waals surface area contributed by atoms with E-state index >= 15 is 0 Å². The number of hydrogen-bond donors (Lipinski definition) is 0. The van der Waals surface area contributed by atoms with Crippen molar-refractivity contribution >= 4 is 38.8 Å². The van der Waals surface area contributed by atoms with Crippen molar-refractivity contribution in [3.63, 3.8) is 0 Å². The number of para-hydroxylation sites is 2. The zero-order valence-electron chi connectivity index (χ0n) is 27.5. The summed E-state index contributed by atoms with van der Waals surface area (Å²) in [6.45, 7) is 0. The Bertz CT molecular complexity index is 2580. The second kappa shape index (κ2) is 11.6. The van der Waals surface area contributed by atoms with E-state index in [-0.39, 0.29) is 12.0 Å². The number of fused-ring (bicyclic) bond motifs is 6. The van der Waals surface area contributed by atoms with Crippen molar-refractivity contribution in [2.45, 2.75) is 12.0 Å². The maximum Gasteiger partial charge on any atom is 0.0630 e. The highest BCUT2D eigenvalue weighted by Crippen LogP contribution is 2.50. The third-order valence-corrected chi connectivity index (χ3v) is 10.5. The molecule has 50 heavy (non-hydrogen) atoms. The highest BCUT2D eigenvalue weighted by Gasteiger charge is 2.38. The number of benzene rings is 7. The lowest BCUT2D eigenvalue weighted by molar-refractivity contribution is 0.747. The standard InChI is InChI=1S/C48H34N2/c1-5-13-33(14-6-1)35-21-25-45-41(29-35)43-31-37(23-27-47(43)49(45)39-17-9-3-10-18-39)38-24-28-48-44(32-38)42-30-36(34-15-7-2-8-16-34)22-26-46(42)50(48)40-19-11-4-12-20-40/h1-32,41,45H. The Morgan fingerprint density at radius 3 is 1.58 bits per heavy atom. The van der Waals surface area contributed by atoms with Crippen molar-refractivity contribution in [3.05, 3.63) is 205 Å². The van der Waals surface area contributed by atoms with E-state index in [1.807, 2.05) is 0 Å². The number of anilines is 2. The van der Waals surface area contributed by atoms with Gasteiger partial charge in [0, 0.05) is 33.8 Å². The first-order chi connectivity index (χ1) is 24.8. The average Bonchev–Trinajstić information content (AvgIpc) is 3.70. The first-order valence-corrected chi connectivity index (χ1v) is 17.4. The zero-order valence-corrected chi connectivity index (χ0v) is 27.5. The van der Waals surface area contributed by atoms with Crippen LogP contribution in [-0.4, -0.2) is 10.6 Å². The number of allylic oxidation sites excluding steroid dienone is 2. The first-order valence-electron chi connectivity index (χ1n) is 17.4. The molecule has 0 saturated heterocycles. The van der Waals surface area contributed by atoms with Gasteiger partial charge in [0.1, 0.15) is 0 Å². The van der Waals surface area contributed by atoms with Gasteiger partial charge in [-0.1, -0.05) is 133 Å². The molecule has 2 heterocycles. The fraction of sp³-hybridized carbons (Fsp3) is 0.0417. The molecule has 2 atom stereocenters. The molecule has 7 aromatic carbocycles. The molecule has 2 aliphatic rings. The zero-order chi connectivity index (χ0) is 33.0. The lowest BCUT2D eigenvalue weighted by atomic mass is 9.85. The molecule has 0 saturated carbocycles. The van der Waals surface area contributed by atoms with Gasteiger partial charge in [0.25, 0.3) is 0 Å². The molecule has 236 valence electrons. The second-order valence-corrected chi connectivity index (χ2v) is 13.3. The van der Waals surface area contributed by atoms with Crippen LogP contribution >= 0.6 is 0 Å². The highest BCUT2D eigenvalue weighted by molar-refractivity contribution is 6.11. The topological polar surface area (TPSA) is 8.17 Å². The molecular weight excluding hydrogens is 605 g/mol. The molecule has 0 radical (unpaired) electrons. The predicted octanol–water partition coefficient (Wildman–Crippen LogP) is 12.4. The Hall–Kier alpha value is -6.38. The predicted molar refractivity (Wildman–Crippen MR) is 210 cm³/mol. The van der Waals surface area contributed by atoms with Gasteiger partial charge in [-0.15, -0.1) is 0 Å². The van der Waals surface area contributed by atoms with E-state index in [1.165, 1.54) is 77.8 Å². The molecule has 0 bridgehead atoms. The maximum absolute atomic E-state index is 2.51.